The van der Waals surface area contributed by atoms with E-state index in [4.69, 9.17) is 4.42 Å². The van der Waals surface area contributed by atoms with Crippen LogP contribution in [0.15, 0.2) is 10.5 Å². The van der Waals surface area contributed by atoms with Crippen molar-refractivity contribution in [3.05, 3.63) is 23.2 Å². The highest BCUT2D eigenvalue weighted by Gasteiger charge is 2.31. The zero-order valence-electron chi connectivity index (χ0n) is 11.4. The van der Waals surface area contributed by atoms with Crippen LogP contribution in [0.25, 0.3) is 0 Å². The number of ether oxygens (including phenoxy) is 2. The Morgan fingerprint density at radius 3 is 2.45 bits per heavy atom. The zero-order valence-corrected chi connectivity index (χ0v) is 11.4. The van der Waals surface area contributed by atoms with Gasteiger partial charge in [0.15, 0.2) is 11.7 Å². The summed E-state index contributed by atoms with van der Waals surface area (Å²) >= 11 is 0. The molecule has 1 heterocycles. The molecule has 6 heteroatoms. The van der Waals surface area contributed by atoms with Crippen molar-refractivity contribution in [1.82, 2.24) is 0 Å². The highest BCUT2D eigenvalue weighted by molar-refractivity contribution is 5.98. The van der Waals surface area contributed by atoms with Gasteiger partial charge in [-0.15, -0.1) is 0 Å². The highest BCUT2D eigenvalue weighted by Crippen LogP contribution is 2.26. The SMILES string of the molecule is COC(=O)C(Cc1cc2c(o1)CCCC2=O)C(=O)OC. The van der Waals surface area contributed by atoms with Crippen LogP contribution in [0, 0.1) is 5.92 Å². The minimum absolute atomic E-state index is 0.0274. The van der Waals surface area contributed by atoms with E-state index in [1.807, 2.05) is 0 Å². The van der Waals surface area contributed by atoms with Crippen LogP contribution in [0.5, 0.6) is 0 Å². The van der Waals surface area contributed by atoms with Crippen LogP contribution in [0.3, 0.4) is 0 Å². The summed E-state index contributed by atoms with van der Waals surface area (Å²) in [4.78, 5) is 34.9. The smallest absolute Gasteiger partial charge is 0.320 e. The molecule has 1 aliphatic rings. The maximum absolute atomic E-state index is 11.7. The lowest BCUT2D eigenvalue weighted by Gasteiger charge is -2.10. The first-order chi connectivity index (χ1) is 9.56. The number of furan rings is 1. The van der Waals surface area contributed by atoms with Gasteiger partial charge >= 0.3 is 11.9 Å². The molecule has 0 bridgehead atoms. The fourth-order valence-corrected chi connectivity index (χ4v) is 2.30. The van der Waals surface area contributed by atoms with Crippen molar-refractivity contribution in [2.45, 2.75) is 25.7 Å². The molecule has 0 fully saturated rings. The van der Waals surface area contributed by atoms with Gasteiger partial charge in [0.1, 0.15) is 11.5 Å². The van der Waals surface area contributed by atoms with Gasteiger partial charge in [0, 0.05) is 19.3 Å². The molecule has 0 radical (unpaired) electrons. The molecule has 0 aliphatic heterocycles. The molecular formula is C14H16O6. The van der Waals surface area contributed by atoms with E-state index in [2.05, 4.69) is 9.47 Å². The Bertz CT molecular complexity index is 526. The molecule has 6 nitrogen and oxygen atoms in total. The van der Waals surface area contributed by atoms with Crippen LogP contribution < -0.4 is 0 Å². The minimum atomic E-state index is -1.08. The van der Waals surface area contributed by atoms with E-state index in [0.29, 0.717) is 29.9 Å². The van der Waals surface area contributed by atoms with Crippen molar-refractivity contribution in [3.8, 4) is 0 Å². The molecule has 1 aliphatic carbocycles. The van der Waals surface area contributed by atoms with Gasteiger partial charge in [0.2, 0.25) is 0 Å². The van der Waals surface area contributed by atoms with Gasteiger partial charge in [-0.25, -0.2) is 0 Å². The molecule has 0 amide bonds. The van der Waals surface area contributed by atoms with E-state index in [0.717, 1.165) is 6.42 Å². The third-order valence-corrected chi connectivity index (χ3v) is 3.34. The van der Waals surface area contributed by atoms with Crippen molar-refractivity contribution in [2.75, 3.05) is 14.2 Å². The van der Waals surface area contributed by atoms with Crippen LogP contribution in [-0.4, -0.2) is 31.9 Å². The van der Waals surface area contributed by atoms with Gasteiger partial charge in [0.25, 0.3) is 0 Å². The number of hydrogen-bond donors (Lipinski definition) is 0. The van der Waals surface area contributed by atoms with Gasteiger partial charge in [-0.2, -0.15) is 0 Å². The van der Waals surface area contributed by atoms with Crippen molar-refractivity contribution >= 4 is 17.7 Å². The number of aryl methyl sites for hydroxylation is 1. The predicted molar refractivity (Wildman–Crippen MR) is 67.2 cm³/mol. The van der Waals surface area contributed by atoms with Crippen LogP contribution in [-0.2, 0) is 31.9 Å². The fourth-order valence-electron chi connectivity index (χ4n) is 2.30. The Morgan fingerprint density at radius 2 is 1.90 bits per heavy atom. The highest BCUT2D eigenvalue weighted by atomic mass is 16.5. The second-order valence-corrected chi connectivity index (χ2v) is 4.63. The number of esters is 2. The topological polar surface area (TPSA) is 82.8 Å². The first kappa shape index (κ1) is 14.3. The average Bonchev–Trinajstić information content (AvgIpc) is 2.87. The summed E-state index contributed by atoms with van der Waals surface area (Å²) < 4.78 is 14.7. The van der Waals surface area contributed by atoms with E-state index < -0.39 is 17.9 Å². The molecule has 1 aromatic heterocycles. The average molecular weight is 280 g/mol. The summed E-state index contributed by atoms with van der Waals surface area (Å²) in [6.07, 6.45) is 1.99. The Labute approximate surface area is 116 Å². The second kappa shape index (κ2) is 5.90. The summed E-state index contributed by atoms with van der Waals surface area (Å²) in [5.74, 6) is -1.35. The zero-order chi connectivity index (χ0) is 14.7. The predicted octanol–water partition coefficient (Wildman–Crippen LogP) is 1.30. The quantitative estimate of drug-likeness (QED) is 0.610. The van der Waals surface area contributed by atoms with Crippen LogP contribution in [0.2, 0.25) is 0 Å². The lowest BCUT2D eigenvalue weighted by atomic mass is 9.96. The van der Waals surface area contributed by atoms with E-state index in [1.54, 1.807) is 6.07 Å². The molecule has 0 N–H and O–H groups in total. The third kappa shape index (κ3) is 2.74. The van der Waals surface area contributed by atoms with E-state index in [-0.39, 0.29) is 12.2 Å². The Hall–Kier alpha value is -2.11. The second-order valence-electron chi connectivity index (χ2n) is 4.63. The number of Topliss-reactive ketones (excluding diaryl/α,β-unsaturated/α-hetero) is 1. The third-order valence-electron chi connectivity index (χ3n) is 3.34. The summed E-state index contributed by atoms with van der Waals surface area (Å²) in [6.45, 7) is 0. The Morgan fingerprint density at radius 1 is 1.25 bits per heavy atom. The normalized spacial score (nSPS) is 14.1. The lowest BCUT2D eigenvalue weighted by molar-refractivity contribution is -0.158. The molecule has 20 heavy (non-hydrogen) atoms. The van der Waals surface area contributed by atoms with E-state index in [1.165, 1.54) is 14.2 Å². The molecule has 0 unspecified atom stereocenters. The molecule has 0 spiro atoms. The van der Waals surface area contributed by atoms with Gasteiger partial charge in [-0.3, -0.25) is 14.4 Å². The standard InChI is InChI=1S/C14H16O6/c1-18-13(16)10(14(17)19-2)7-8-6-9-11(15)4-3-5-12(9)20-8/h6,10H,3-5,7H2,1-2H3. The van der Waals surface area contributed by atoms with Crippen LogP contribution >= 0.6 is 0 Å². The van der Waals surface area contributed by atoms with Crippen LogP contribution in [0.1, 0.15) is 34.7 Å². The number of hydrogen-bond acceptors (Lipinski definition) is 6. The maximum atomic E-state index is 11.7. The van der Waals surface area contributed by atoms with E-state index in [9.17, 15) is 14.4 Å². The van der Waals surface area contributed by atoms with Crippen LogP contribution in [0.4, 0.5) is 0 Å². The number of methoxy groups -OCH3 is 2. The number of ketones is 1. The van der Waals surface area contributed by atoms with Gasteiger partial charge < -0.3 is 13.9 Å². The van der Waals surface area contributed by atoms with Crippen molar-refractivity contribution in [3.63, 3.8) is 0 Å². The molecule has 0 saturated carbocycles. The summed E-state index contributed by atoms with van der Waals surface area (Å²) in [5, 5.41) is 0. The largest absolute Gasteiger partial charge is 0.468 e. The summed E-state index contributed by atoms with van der Waals surface area (Å²) in [6, 6.07) is 1.61. The number of carbonyl (C=O) groups excluding carboxylic acids is 3. The molecule has 0 atom stereocenters. The monoisotopic (exact) mass is 280 g/mol. The minimum Gasteiger partial charge on any atom is -0.468 e. The molecule has 108 valence electrons. The van der Waals surface area contributed by atoms with Gasteiger partial charge in [-0.05, 0) is 12.5 Å². The van der Waals surface area contributed by atoms with Gasteiger partial charge in [-0.1, -0.05) is 0 Å². The summed E-state index contributed by atoms with van der Waals surface area (Å²) in [5.41, 5.74) is 0.555. The fraction of sp³-hybridized carbons (Fsp3) is 0.500. The number of carbonyl (C=O) groups is 3. The van der Waals surface area contributed by atoms with Gasteiger partial charge in [0.05, 0.1) is 19.8 Å². The summed E-state index contributed by atoms with van der Waals surface area (Å²) in [7, 11) is 2.41. The maximum Gasteiger partial charge on any atom is 0.320 e. The molecule has 0 saturated heterocycles. The van der Waals surface area contributed by atoms with Crippen molar-refractivity contribution in [2.24, 2.45) is 5.92 Å². The molecule has 1 aromatic rings. The lowest BCUT2D eigenvalue weighted by Crippen LogP contribution is -2.28. The number of rotatable bonds is 4. The first-order valence-corrected chi connectivity index (χ1v) is 6.37. The molecule has 2 rings (SSSR count). The van der Waals surface area contributed by atoms with Crippen molar-refractivity contribution < 1.29 is 28.3 Å². The van der Waals surface area contributed by atoms with Crippen molar-refractivity contribution in [1.29, 1.82) is 0 Å². The Balaban J connectivity index is 2.21. The molecular weight excluding hydrogens is 264 g/mol. The first-order valence-electron chi connectivity index (χ1n) is 6.37. The molecule has 0 aromatic carbocycles. The Kier molecular flexibility index (Phi) is 4.22. The number of fused-ring (bicyclic) bond motifs is 1. The van der Waals surface area contributed by atoms with E-state index >= 15 is 0 Å².